The number of allylic oxidation sites excluding steroid dienone is 1. The van der Waals surface area contributed by atoms with Gasteiger partial charge in [0.05, 0.1) is 12.5 Å². The van der Waals surface area contributed by atoms with Crippen molar-refractivity contribution in [3.05, 3.63) is 94.3 Å². The number of carbonyl (C=O) groups excluding carboxylic acids is 1. The van der Waals surface area contributed by atoms with Gasteiger partial charge in [0.2, 0.25) is 5.88 Å². The van der Waals surface area contributed by atoms with E-state index in [1.165, 1.54) is 0 Å². The third-order valence-electron chi connectivity index (χ3n) is 5.56. The number of nitrogens with zero attached hydrogens (tertiary/aromatic N) is 1. The minimum atomic E-state index is -0.595. The van der Waals surface area contributed by atoms with Crippen molar-refractivity contribution >= 4 is 17.6 Å². The van der Waals surface area contributed by atoms with E-state index in [1.54, 1.807) is 42.5 Å². The minimum Gasteiger partial charge on any atom is -0.494 e. The maximum Gasteiger partial charge on any atom is 0.349 e. The number of nitrogens with two attached hydrogens (primary N) is 1. The van der Waals surface area contributed by atoms with Gasteiger partial charge in [-0.15, -0.1) is 0 Å². The Labute approximate surface area is 214 Å². The maximum absolute atomic E-state index is 12.3. The van der Waals surface area contributed by atoms with Gasteiger partial charge in [0.15, 0.2) is 6.61 Å². The predicted octanol–water partition coefficient (Wildman–Crippen LogP) is 5.72. The van der Waals surface area contributed by atoms with Gasteiger partial charge in [-0.3, -0.25) is 0 Å². The average Bonchev–Trinajstić information content (AvgIpc) is 2.87. The Morgan fingerprint density at radius 3 is 2.56 bits per heavy atom. The molecule has 0 saturated carbocycles. The highest BCUT2D eigenvalue weighted by Crippen LogP contribution is 2.43. The SMILES string of the molecule is CCCCOc1ccc(C2C(C#N)=C(N)Oc3cc(OC(=O)COc4cccc(Cl)c4)ccc32)cc1. The van der Waals surface area contributed by atoms with Crippen molar-refractivity contribution in [2.45, 2.75) is 25.7 Å². The van der Waals surface area contributed by atoms with Gasteiger partial charge in [-0.25, -0.2) is 4.79 Å². The number of esters is 1. The third kappa shape index (κ3) is 5.91. The van der Waals surface area contributed by atoms with Gasteiger partial charge in [-0.1, -0.05) is 49.2 Å². The molecule has 3 aromatic carbocycles. The van der Waals surface area contributed by atoms with E-state index in [2.05, 4.69) is 13.0 Å². The van der Waals surface area contributed by atoms with Gasteiger partial charge in [0, 0.05) is 16.7 Å². The fourth-order valence-corrected chi connectivity index (χ4v) is 3.97. The summed E-state index contributed by atoms with van der Waals surface area (Å²) in [6.45, 7) is 2.46. The van der Waals surface area contributed by atoms with Crippen LogP contribution in [0.1, 0.15) is 36.8 Å². The molecule has 0 aromatic heterocycles. The summed E-state index contributed by atoms with van der Waals surface area (Å²) in [5.41, 5.74) is 7.99. The van der Waals surface area contributed by atoms with Crippen LogP contribution in [0.4, 0.5) is 0 Å². The van der Waals surface area contributed by atoms with Crippen molar-refractivity contribution in [1.82, 2.24) is 0 Å². The Morgan fingerprint density at radius 2 is 1.83 bits per heavy atom. The molecule has 1 unspecified atom stereocenters. The molecule has 2 N–H and O–H groups in total. The van der Waals surface area contributed by atoms with E-state index in [-0.39, 0.29) is 18.2 Å². The van der Waals surface area contributed by atoms with Crippen molar-refractivity contribution < 1.29 is 23.7 Å². The standard InChI is InChI=1S/C28H25ClN2O5/c1-2-3-13-33-20-9-7-18(8-10-20)27-23-12-11-22(15-25(23)36-28(31)24(27)16-30)35-26(32)17-34-21-6-4-5-19(29)14-21/h4-12,14-15,27H,2-3,13,17,31H2,1H3. The van der Waals surface area contributed by atoms with Crippen LogP contribution in [-0.2, 0) is 4.79 Å². The van der Waals surface area contributed by atoms with Crippen molar-refractivity contribution in [2.24, 2.45) is 5.73 Å². The molecule has 1 atom stereocenters. The van der Waals surface area contributed by atoms with Gasteiger partial charge in [0.1, 0.15) is 34.6 Å². The Balaban J connectivity index is 1.50. The van der Waals surface area contributed by atoms with Crippen LogP contribution in [0, 0.1) is 11.3 Å². The first-order chi connectivity index (χ1) is 17.5. The molecule has 0 aliphatic carbocycles. The molecule has 1 heterocycles. The van der Waals surface area contributed by atoms with Gasteiger partial charge in [-0.05, 0) is 48.4 Å². The molecule has 36 heavy (non-hydrogen) atoms. The van der Waals surface area contributed by atoms with E-state index in [9.17, 15) is 10.1 Å². The molecule has 8 heteroatoms. The van der Waals surface area contributed by atoms with Crippen LogP contribution in [0.2, 0.25) is 5.02 Å². The molecular weight excluding hydrogens is 480 g/mol. The quantitative estimate of drug-likeness (QED) is 0.226. The van der Waals surface area contributed by atoms with E-state index >= 15 is 0 Å². The first-order valence-electron chi connectivity index (χ1n) is 11.5. The Bertz CT molecular complexity index is 1310. The summed E-state index contributed by atoms with van der Waals surface area (Å²) in [6.07, 6.45) is 2.03. The lowest BCUT2D eigenvalue weighted by molar-refractivity contribution is -0.136. The van der Waals surface area contributed by atoms with E-state index in [0.717, 1.165) is 29.7 Å². The zero-order valence-electron chi connectivity index (χ0n) is 19.7. The summed E-state index contributed by atoms with van der Waals surface area (Å²) in [4.78, 5) is 12.3. The van der Waals surface area contributed by atoms with Gasteiger partial charge >= 0.3 is 5.97 Å². The molecule has 0 fully saturated rings. The number of nitriles is 1. The van der Waals surface area contributed by atoms with E-state index < -0.39 is 11.9 Å². The second kappa shape index (κ2) is 11.5. The van der Waals surface area contributed by atoms with Crippen molar-refractivity contribution in [1.29, 1.82) is 5.26 Å². The van der Waals surface area contributed by atoms with Crippen LogP contribution >= 0.6 is 11.6 Å². The fraction of sp³-hybridized carbons (Fsp3) is 0.214. The number of carbonyl (C=O) groups is 1. The highest BCUT2D eigenvalue weighted by molar-refractivity contribution is 6.30. The maximum atomic E-state index is 12.3. The number of benzene rings is 3. The average molecular weight is 505 g/mol. The molecule has 1 aliphatic heterocycles. The first kappa shape index (κ1) is 25.0. The largest absolute Gasteiger partial charge is 0.494 e. The van der Waals surface area contributed by atoms with Gasteiger partial charge in [-0.2, -0.15) is 5.26 Å². The molecule has 0 bridgehead atoms. The molecule has 0 amide bonds. The highest BCUT2D eigenvalue weighted by Gasteiger charge is 2.31. The Kier molecular flexibility index (Phi) is 7.99. The summed E-state index contributed by atoms with van der Waals surface area (Å²) in [7, 11) is 0. The molecule has 184 valence electrons. The van der Waals surface area contributed by atoms with Crippen molar-refractivity contribution in [3.63, 3.8) is 0 Å². The molecule has 0 spiro atoms. The van der Waals surface area contributed by atoms with Crippen LogP contribution in [-0.4, -0.2) is 19.2 Å². The summed E-state index contributed by atoms with van der Waals surface area (Å²) in [6, 6.07) is 21.4. The molecule has 1 aliphatic rings. The number of fused-ring (bicyclic) bond motifs is 1. The van der Waals surface area contributed by atoms with Crippen molar-refractivity contribution in [2.75, 3.05) is 13.2 Å². The number of rotatable bonds is 9. The topological polar surface area (TPSA) is 104 Å². The second-order valence-corrected chi connectivity index (χ2v) is 8.55. The summed E-state index contributed by atoms with van der Waals surface area (Å²) in [5, 5.41) is 10.3. The second-order valence-electron chi connectivity index (χ2n) is 8.12. The summed E-state index contributed by atoms with van der Waals surface area (Å²) in [5.74, 6) is 0.866. The summed E-state index contributed by atoms with van der Waals surface area (Å²) < 4.78 is 22.3. The molecule has 4 rings (SSSR count). The lowest BCUT2D eigenvalue weighted by atomic mass is 9.83. The molecule has 3 aromatic rings. The zero-order chi connectivity index (χ0) is 25.5. The number of unbranched alkanes of at least 4 members (excludes halogenated alkanes) is 1. The Hall–Kier alpha value is -4.15. The van der Waals surface area contributed by atoms with Crippen LogP contribution in [0.5, 0.6) is 23.0 Å². The molecular formula is C28H25ClN2O5. The molecule has 0 radical (unpaired) electrons. The lowest BCUT2D eigenvalue weighted by Gasteiger charge is -2.26. The molecule has 0 saturated heterocycles. The van der Waals surface area contributed by atoms with Crippen LogP contribution in [0.15, 0.2) is 78.2 Å². The van der Waals surface area contributed by atoms with E-state index in [0.29, 0.717) is 28.7 Å². The first-order valence-corrected chi connectivity index (χ1v) is 11.9. The molecule has 7 nitrogen and oxygen atoms in total. The van der Waals surface area contributed by atoms with Crippen LogP contribution in [0.3, 0.4) is 0 Å². The third-order valence-corrected chi connectivity index (χ3v) is 5.79. The zero-order valence-corrected chi connectivity index (χ0v) is 20.5. The van der Waals surface area contributed by atoms with Gasteiger partial charge in [0.25, 0.3) is 0 Å². The Morgan fingerprint density at radius 1 is 1.06 bits per heavy atom. The van der Waals surface area contributed by atoms with Crippen molar-refractivity contribution in [3.8, 4) is 29.1 Å². The smallest absolute Gasteiger partial charge is 0.349 e. The van der Waals surface area contributed by atoms with Crippen LogP contribution in [0.25, 0.3) is 0 Å². The van der Waals surface area contributed by atoms with E-state index in [4.69, 9.17) is 36.3 Å². The number of halogens is 1. The summed E-state index contributed by atoms with van der Waals surface area (Å²) >= 11 is 5.93. The fourth-order valence-electron chi connectivity index (χ4n) is 3.79. The van der Waals surface area contributed by atoms with Crippen LogP contribution < -0.4 is 24.7 Å². The highest BCUT2D eigenvalue weighted by atomic mass is 35.5. The number of ether oxygens (including phenoxy) is 4. The monoisotopic (exact) mass is 504 g/mol. The normalized spacial score (nSPS) is 14.3. The lowest BCUT2D eigenvalue weighted by Crippen LogP contribution is -2.21. The van der Waals surface area contributed by atoms with Gasteiger partial charge < -0.3 is 24.7 Å². The number of hydrogen-bond acceptors (Lipinski definition) is 7. The number of hydrogen-bond donors (Lipinski definition) is 1. The predicted molar refractivity (Wildman–Crippen MR) is 135 cm³/mol. The minimum absolute atomic E-state index is 0.00559. The van der Waals surface area contributed by atoms with E-state index in [1.807, 2.05) is 24.3 Å².